The molecule has 1 aromatic heterocycles. The van der Waals surface area contributed by atoms with Gasteiger partial charge in [-0.1, -0.05) is 58.3 Å². The van der Waals surface area contributed by atoms with Crippen molar-refractivity contribution in [2.24, 2.45) is 0 Å². The van der Waals surface area contributed by atoms with Gasteiger partial charge in [0.15, 0.2) is 0 Å². The summed E-state index contributed by atoms with van der Waals surface area (Å²) in [6.45, 7) is 5.45. The molecule has 0 saturated carbocycles. The number of nitrogens with zero attached hydrogens (tertiary/aromatic N) is 2. The fraction of sp³-hybridized carbons (Fsp3) is 0.385. The SMILES string of the molecule is CC(C)NCc1nnc(OCc2ccc(Br)cc2)s1. The van der Waals surface area contributed by atoms with E-state index in [1.165, 1.54) is 11.3 Å². The van der Waals surface area contributed by atoms with E-state index in [4.69, 9.17) is 4.74 Å². The topological polar surface area (TPSA) is 47.0 Å². The highest BCUT2D eigenvalue weighted by Gasteiger charge is 2.05. The summed E-state index contributed by atoms with van der Waals surface area (Å²) in [6, 6.07) is 8.47. The number of hydrogen-bond acceptors (Lipinski definition) is 5. The Bertz CT molecular complexity index is 513. The number of rotatable bonds is 6. The zero-order chi connectivity index (χ0) is 13.7. The van der Waals surface area contributed by atoms with Gasteiger partial charge in [-0.15, -0.1) is 5.10 Å². The molecule has 1 heterocycles. The fourth-order valence-corrected chi connectivity index (χ4v) is 2.29. The Morgan fingerprint density at radius 1 is 1.26 bits per heavy atom. The van der Waals surface area contributed by atoms with E-state index in [-0.39, 0.29) is 0 Å². The maximum Gasteiger partial charge on any atom is 0.294 e. The first-order chi connectivity index (χ1) is 9.13. The first kappa shape index (κ1) is 14.4. The van der Waals surface area contributed by atoms with Crippen LogP contribution in [-0.2, 0) is 13.2 Å². The van der Waals surface area contributed by atoms with Gasteiger partial charge in [0.1, 0.15) is 11.6 Å². The molecule has 0 bridgehead atoms. The van der Waals surface area contributed by atoms with Gasteiger partial charge in [-0.2, -0.15) is 0 Å². The lowest BCUT2D eigenvalue weighted by Gasteiger charge is -2.04. The molecule has 0 radical (unpaired) electrons. The van der Waals surface area contributed by atoms with E-state index >= 15 is 0 Å². The van der Waals surface area contributed by atoms with Crippen LogP contribution in [0.25, 0.3) is 0 Å². The second kappa shape index (κ2) is 6.98. The van der Waals surface area contributed by atoms with Gasteiger partial charge in [-0.3, -0.25) is 0 Å². The van der Waals surface area contributed by atoms with Crippen molar-refractivity contribution in [2.75, 3.05) is 0 Å². The number of benzene rings is 1. The van der Waals surface area contributed by atoms with Gasteiger partial charge in [-0.05, 0) is 17.7 Å². The van der Waals surface area contributed by atoms with Crippen LogP contribution >= 0.6 is 27.3 Å². The van der Waals surface area contributed by atoms with Gasteiger partial charge in [0.25, 0.3) is 5.19 Å². The number of halogens is 1. The van der Waals surface area contributed by atoms with Crippen molar-refractivity contribution in [1.29, 1.82) is 0 Å². The van der Waals surface area contributed by atoms with Crippen LogP contribution < -0.4 is 10.1 Å². The lowest BCUT2D eigenvalue weighted by molar-refractivity contribution is 0.302. The third-order valence-corrected chi connectivity index (χ3v) is 3.75. The third kappa shape index (κ3) is 4.89. The van der Waals surface area contributed by atoms with E-state index in [0.29, 0.717) is 17.8 Å². The molecule has 0 amide bonds. The number of nitrogens with one attached hydrogen (secondary N) is 1. The molecule has 0 aliphatic carbocycles. The Morgan fingerprint density at radius 3 is 2.68 bits per heavy atom. The van der Waals surface area contributed by atoms with Crippen molar-refractivity contribution < 1.29 is 4.74 Å². The molecule has 0 aliphatic rings. The van der Waals surface area contributed by atoms with Gasteiger partial charge in [-0.25, -0.2) is 0 Å². The van der Waals surface area contributed by atoms with Crippen LogP contribution in [-0.4, -0.2) is 16.2 Å². The standard InChI is InChI=1S/C13H16BrN3OS/c1-9(2)15-7-12-16-17-13(19-12)18-8-10-3-5-11(14)6-4-10/h3-6,9,15H,7-8H2,1-2H3. The minimum Gasteiger partial charge on any atom is -0.464 e. The average Bonchev–Trinajstić information content (AvgIpc) is 2.84. The maximum absolute atomic E-state index is 5.62. The molecule has 1 aromatic carbocycles. The summed E-state index contributed by atoms with van der Waals surface area (Å²) in [5.41, 5.74) is 1.11. The molecule has 0 aliphatic heterocycles. The Morgan fingerprint density at radius 2 is 2.00 bits per heavy atom. The molecule has 19 heavy (non-hydrogen) atoms. The Labute approximate surface area is 125 Å². The Hall–Kier alpha value is -0.980. The van der Waals surface area contributed by atoms with E-state index in [0.717, 1.165) is 21.6 Å². The van der Waals surface area contributed by atoms with E-state index in [1.807, 2.05) is 24.3 Å². The van der Waals surface area contributed by atoms with Crippen LogP contribution in [0.1, 0.15) is 24.4 Å². The fourth-order valence-electron chi connectivity index (χ4n) is 1.39. The smallest absolute Gasteiger partial charge is 0.294 e. The molecule has 0 atom stereocenters. The second-order valence-corrected chi connectivity index (χ2v) is 6.35. The summed E-state index contributed by atoms with van der Waals surface area (Å²) in [5, 5.41) is 13.0. The minimum absolute atomic E-state index is 0.441. The summed E-state index contributed by atoms with van der Waals surface area (Å²) in [5.74, 6) is 0. The molecule has 102 valence electrons. The number of ether oxygens (including phenoxy) is 1. The Kier molecular flexibility index (Phi) is 5.30. The van der Waals surface area contributed by atoms with Crippen LogP contribution in [0, 0.1) is 0 Å². The molecular formula is C13H16BrN3OS. The molecular weight excluding hydrogens is 326 g/mol. The number of aromatic nitrogens is 2. The lowest BCUT2D eigenvalue weighted by atomic mass is 10.2. The van der Waals surface area contributed by atoms with Gasteiger partial charge < -0.3 is 10.1 Å². The third-order valence-electron chi connectivity index (χ3n) is 2.39. The van der Waals surface area contributed by atoms with E-state index in [2.05, 4.69) is 45.3 Å². The first-order valence-electron chi connectivity index (χ1n) is 6.06. The van der Waals surface area contributed by atoms with Crippen LogP contribution in [0.5, 0.6) is 5.19 Å². The summed E-state index contributed by atoms with van der Waals surface area (Å²) >= 11 is 4.89. The Balaban J connectivity index is 1.84. The van der Waals surface area contributed by atoms with Crippen LogP contribution in [0.4, 0.5) is 0 Å². The first-order valence-corrected chi connectivity index (χ1v) is 7.67. The largest absolute Gasteiger partial charge is 0.464 e. The molecule has 1 N–H and O–H groups in total. The summed E-state index contributed by atoms with van der Waals surface area (Å²) in [4.78, 5) is 0. The minimum atomic E-state index is 0.441. The molecule has 0 unspecified atom stereocenters. The predicted octanol–water partition coefficient (Wildman–Crippen LogP) is 3.38. The lowest BCUT2D eigenvalue weighted by Crippen LogP contribution is -2.21. The van der Waals surface area contributed by atoms with E-state index in [9.17, 15) is 0 Å². The maximum atomic E-state index is 5.62. The molecule has 4 nitrogen and oxygen atoms in total. The van der Waals surface area contributed by atoms with Crippen molar-refractivity contribution in [3.8, 4) is 5.19 Å². The normalized spacial score (nSPS) is 10.9. The van der Waals surface area contributed by atoms with E-state index in [1.54, 1.807) is 0 Å². The predicted molar refractivity (Wildman–Crippen MR) is 80.4 cm³/mol. The molecule has 6 heteroatoms. The van der Waals surface area contributed by atoms with Gasteiger partial charge >= 0.3 is 0 Å². The van der Waals surface area contributed by atoms with Crippen LogP contribution in [0.3, 0.4) is 0 Å². The number of hydrogen-bond donors (Lipinski definition) is 1. The van der Waals surface area contributed by atoms with Gasteiger partial charge in [0.05, 0.1) is 6.54 Å². The molecule has 2 rings (SSSR count). The van der Waals surface area contributed by atoms with Crippen LogP contribution in [0.2, 0.25) is 0 Å². The highest BCUT2D eigenvalue weighted by molar-refractivity contribution is 9.10. The van der Waals surface area contributed by atoms with Gasteiger partial charge in [0.2, 0.25) is 0 Å². The molecule has 0 saturated heterocycles. The van der Waals surface area contributed by atoms with E-state index < -0.39 is 0 Å². The summed E-state index contributed by atoms with van der Waals surface area (Å²) in [6.07, 6.45) is 0. The zero-order valence-corrected chi connectivity index (χ0v) is 13.3. The van der Waals surface area contributed by atoms with Crippen molar-refractivity contribution in [3.05, 3.63) is 39.3 Å². The second-order valence-electron chi connectivity index (χ2n) is 4.41. The van der Waals surface area contributed by atoms with Gasteiger partial charge in [0, 0.05) is 10.5 Å². The summed E-state index contributed by atoms with van der Waals surface area (Å²) in [7, 11) is 0. The highest BCUT2D eigenvalue weighted by atomic mass is 79.9. The molecule has 0 fully saturated rings. The summed E-state index contributed by atoms with van der Waals surface area (Å²) < 4.78 is 6.69. The monoisotopic (exact) mass is 341 g/mol. The molecule has 2 aromatic rings. The average molecular weight is 342 g/mol. The molecule has 0 spiro atoms. The highest BCUT2D eigenvalue weighted by Crippen LogP contribution is 2.19. The van der Waals surface area contributed by atoms with Crippen molar-refractivity contribution in [2.45, 2.75) is 33.0 Å². The van der Waals surface area contributed by atoms with Crippen molar-refractivity contribution in [3.63, 3.8) is 0 Å². The van der Waals surface area contributed by atoms with Crippen molar-refractivity contribution in [1.82, 2.24) is 15.5 Å². The van der Waals surface area contributed by atoms with Crippen molar-refractivity contribution >= 4 is 27.3 Å². The van der Waals surface area contributed by atoms with Crippen LogP contribution in [0.15, 0.2) is 28.7 Å². The zero-order valence-electron chi connectivity index (χ0n) is 10.9. The quantitative estimate of drug-likeness (QED) is 0.874.